The van der Waals surface area contributed by atoms with Crippen molar-refractivity contribution in [2.75, 3.05) is 0 Å². The second kappa shape index (κ2) is 10.9. The average Bonchev–Trinajstić information content (AvgIpc) is 2.76. The van der Waals surface area contributed by atoms with Gasteiger partial charge in [0.25, 0.3) is 0 Å². The van der Waals surface area contributed by atoms with Crippen LogP contribution in [0.25, 0.3) is 10.8 Å². The zero-order valence-corrected chi connectivity index (χ0v) is 18.2. The van der Waals surface area contributed by atoms with Crippen LogP contribution in [0.4, 0.5) is 17.3 Å². The summed E-state index contributed by atoms with van der Waals surface area (Å²) in [5.74, 6) is 3.25. The van der Waals surface area contributed by atoms with Crippen molar-refractivity contribution in [3.05, 3.63) is 102 Å². The second-order valence-electron chi connectivity index (χ2n) is 7.34. The summed E-state index contributed by atoms with van der Waals surface area (Å²) in [6, 6.07) is 26.3. The Balaban J connectivity index is 0.000000555. The summed E-state index contributed by atoms with van der Waals surface area (Å²) in [7, 11) is -6.00. The standard InChI is InChI=1S/C25H23O3.BF4/c1-18-13-22-14-23(26-16-20-9-5-3-6-10-20)15-24(25(22)19(2)28-18)27-17-21-11-7-4-8-12-21;2-1(3,4)5/h3-15H,16-17H2,1-2H3;/q+1;-1/i2+1,19+1;. The molecule has 0 N–H and O–H groups in total. The molecule has 0 fully saturated rings. The normalized spacial score (nSPS) is 11.0. The van der Waals surface area contributed by atoms with Crippen LogP contribution in [0.2, 0.25) is 0 Å². The van der Waals surface area contributed by atoms with Gasteiger partial charge in [0, 0.05) is 17.5 Å². The topological polar surface area (TPSA) is 29.8 Å². The monoisotopic (exact) mass is 460 g/mol. The zero-order chi connectivity index (χ0) is 23.8. The summed E-state index contributed by atoms with van der Waals surface area (Å²) in [5.41, 5.74) is 2.25. The molecule has 0 spiro atoms. The summed E-state index contributed by atoms with van der Waals surface area (Å²) >= 11 is 0. The maximum atomic E-state index is 9.75. The van der Waals surface area contributed by atoms with Crippen LogP contribution in [0, 0.1) is 13.8 Å². The van der Waals surface area contributed by atoms with E-state index in [1.807, 2.05) is 68.4 Å². The number of benzene rings is 3. The second-order valence-corrected chi connectivity index (χ2v) is 7.34. The molecule has 0 atom stereocenters. The van der Waals surface area contributed by atoms with Crippen LogP contribution in [-0.4, -0.2) is 7.25 Å². The number of halogens is 4. The Hall–Kier alpha value is -3.55. The molecule has 8 heteroatoms. The van der Waals surface area contributed by atoms with Crippen molar-refractivity contribution in [2.24, 2.45) is 0 Å². The van der Waals surface area contributed by atoms with Gasteiger partial charge >= 0.3 is 18.8 Å². The molecule has 3 nitrogen and oxygen atoms in total. The van der Waals surface area contributed by atoms with Crippen molar-refractivity contribution >= 4 is 18.0 Å². The number of ether oxygens (including phenoxy) is 2. The minimum absolute atomic E-state index is 0.491. The third kappa shape index (κ3) is 7.82. The number of aryl methyl sites for hydroxylation is 2. The van der Waals surface area contributed by atoms with Crippen molar-refractivity contribution in [3.8, 4) is 11.5 Å². The first-order valence-corrected chi connectivity index (χ1v) is 10.3. The maximum Gasteiger partial charge on any atom is 0.673 e. The lowest BCUT2D eigenvalue weighted by atomic mass is 10.1. The smallest absolute Gasteiger partial charge is 0.489 e. The number of rotatable bonds is 6. The Morgan fingerprint density at radius 1 is 0.727 bits per heavy atom. The number of hydrogen-bond acceptors (Lipinski definition) is 2. The van der Waals surface area contributed by atoms with Gasteiger partial charge in [0.1, 0.15) is 30.1 Å². The summed E-state index contributed by atoms with van der Waals surface area (Å²) in [4.78, 5) is 0. The summed E-state index contributed by atoms with van der Waals surface area (Å²) in [6.45, 7) is 4.93. The van der Waals surface area contributed by atoms with Crippen LogP contribution in [0.5, 0.6) is 11.5 Å². The van der Waals surface area contributed by atoms with Gasteiger partial charge in [-0.05, 0) is 17.2 Å². The molecule has 1 aromatic heterocycles. The Morgan fingerprint density at radius 3 is 1.79 bits per heavy atom. The fourth-order valence-electron chi connectivity index (χ4n) is 3.32. The molecule has 172 valence electrons. The fraction of sp³-hybridized carbons (Fsp3) is 0.160. The highest BCUT2D eigenvalue weighted by atomic mass is 19.5. The highest BCUT2D eigenvalue weighted by Crippen LogP contribution is 2.35. The van der Waals surface area contributed by atoms with E-state index in [2.05, 4.69) is 24.3 Å². The Labute approximate surface area is 189 Å². The molecular formula is C25H23BF4O3. The first-order valence-electron chi connectivity index (χ1n) is 10.3. The molecule has 33 heavy (non-hydrogen) atoms. The molecule has 1 heterocycles. The summed E-state index contributed by atoms with van der Waals surface area (Å²) in [5, 5.41) is 2.03. The zero-order valence-electron chi connectivity index (χ0n) is 18.2. The van der Waals surface area contributed by atoms with Crippen LogP contribution in [0.15, 0.2) is 83.3 Å². The first kappa shape index (κ1) is 24.1. The predicted molar refractivity (Wildman–Crippen MR) is 122 cm³/mol. The van der Waals surface area contributed by atoms with E-state index >= 15 is 0 Å². The minimum Gasteiger partial charge on any atom is -0.489 e. The van der Waals surface area contributed by atoms with Crippen molar-refractivity contribution in [3.63, 3.8) is 0 Å². The van der Waals surface area contributed by atoms with Crippen LogP contribution in [0.3, 0.4) is 0 Å². The van der Waals surface area contributed by atoms with Gasteiger partial charge in [-0.3, -0.25) is 0 Å². The minimum atomic E-state index is -6.00. The highest BCUT2D eigenvalue weighted by molar-refractivity contribution is 6.50. The molecule has 4 rings (SSSR count). The molecule has 4 aromatic rings. The van der Waals surface area contributed by atoms with E-state index in [4.69, 9.17) is 13.9 Å². The molecule has 0 aliphatic heterocycles. The lowest BCUT2D eigenvalue weighted by molar-refractivity contribution is 0.292. The number of hydrogen-bond donors (Lipinski definition) is 0. The quantitative estimate of drug-likeness (QED) is 0.127. The Kier molecular flexibility index (Phi) is 7.93. The maximum absolute atomic E-state index is 9.75. The van der Waals surface area contributed by atoms with E-state index < -0.39 is 7.25 Å². The Morgan fingerprint density at radius 2 is 1.24 bits per heavy atom. The van der Waals surface area contributed by atoms with Gasteiger partial charge < -0.3 is 26.7 Å². The van der Waals surface area contributed by atoms with Gasteiger partial charge in [-0.1, -0.05) is 60.7 Å². The highest BCUT2D eigenvalue weighted by Gasteiger charge is 2.20. The van der Waals surface area contributed by atoms with Crippen LogP contribution in [0.1, 0.15) is 22.6 Å². The average molecular weight is 460 g/mol. The molecule has 0 aliphatic rings. The van der Waals surface area contributed by atoms with Crippen LogP contribution >= 0.6 is 0 Å². The first-order chi connectivity index (χ1) is 15.7. The summed E-state index contributed by atoms with van der Waals surface area (Å²) < 4.78 is 57.1. The molecule has 0 unspecified atom stereocenters. The van der Waals surface area contributed by atoms with E-state index in [-0.39, 0.29) is 0 Å². The molecule has 0 radical (unpaired) electrons. The van der Waals surface area contributed by atoms with Gasteiger partial charge in [0.15, 0.2) is 0 Å². The molecule has 0 aliphatic carbocycles. The van der Waals surface area contributed by atoms with Crippen molar-refractivity contribution in [1.29, 1.82) is 0 Å². The van der Waals surface area contributed by atoms with E-state index in [1.54, 1.807) is 0 Å². The van der Waals surface area contributed by atoms with E-state index in [9.17, 15) is 17.3 Å². The lowest BCUT2D eigenvalue weighted by Gasteiger charge is -2.12. The van der Waals surface area contributed by atoms with Crippen LogP contribution in [-0.2, 0) is 13.2 Å². The van der Waals surface area contributed by atoms with Crippen molar-refractivity contribution in [2.45, 2.75) is 27.1 Å². The van der Waals surface area contributed by atoms with Crippen molar-refractivity contribution < 1.29 is 31.2 Å². The van der Waals surface area contributed by atoms with Gasteiger partial charge in [-0.15, -0.1) is 0 Å². The molecule has 3 aromatic carbocycles. The van der Waals surface area contributed by atoms with Gasteiger partial charge in [-0.25, -0.2) is 4.42 Å². The molecule has 0 amide bonds. The fourth-order valence-corrected chi connectivity index (χ4v) is 3.32. The molecule has 0 saturated carbocycles. The SMILES string of the molecule is Cc1cc2cc(OCc3ccccc3)cc(OCc3ccccc3)c2[13c]([13CH3])[o+]1.F[B-](F)(F)F. The van der Waals surface area contributed by atoms with Gasteiger partial charge in [0.05, 0.1) is 13.8 Å². The number of fused-ring (bicyclic) bond motifs is 1. The third-order valence-corrected chi connectivity index (χ3v) is 4.62. The predicted octanol–water partition coefficient (Wildman–Crippen LogP) is 7.79. The Bertz CT molecular complexity index is 1180. The van der Waals surface area contributed by atoms with E-state index in [0.29, 0.717) is 13.2 Å². The molecular weight excluding hydrogens is 437 g/mol. The van der Waals surface area contributed by atoms with Gasteiger partial charge in [0.2, 0.25) is 0 Å². The molecule has 0 bridgehead atoms. The van der Waals surface area contributed by atoms with E-state index in [1.165, 1.54) is 0 Å². The lowest BCUT2D eigenvalue weighted by Crippen LogP contribution is -2.02. The van der Waals surface area contributed by atoms with Gasteiger partial charge in [-0.2, -0.15) is 0 Å². The van der Waals surface area contributed by atoms with Crippen LogP contribution < -0.4 is 9.47 Å². The largest absolute Gasteiger partial charge is 0.673 e. The molecule has 0 saturated heterocycles. The third-order valence-electron chi connectivity index (χ3n) is 4.62. The summed E-state index contributed by atoms with van der Waals surface area (Å²) in [6.07, 6.45) is 0. The van der Waals surface area contributed by atoms with E-state index in [0.717, 1.165) is 44.9 Å². The van der Waals surface area contributed by atoms with Crippen molar-refractivity contribution in [1.82, 2.24) is 0 Å².